The van der Waals surface area contributed by atoms with Crippen molar-refractivity contribution in [1.29, 1.82) is 0 Å². The van der Waals surface area contributed by atoms with Crippen molar-refractivity contribution in [3.05, 3.63) is 53.8 Å². The third-order valence-corrected chi connectivity index (χ3v) is 4.40. The molecule has 0 unspecified atom stereocenters. The first-order valence-electron chi connectivity index (χ1n) is 9.33. The van der Waals surface area contributed by atoms with Crippen LogP contribution in [0.4, 0.5) is 10.1 Å². The molecule has 0 saturated heterocycles. The molecule has 0 saturated carbocycles. The highest BCUT2D eigenvalue weighted by Gasteiger charge is 2.17. The van der Waals surface area contributed by atoms with Crippen molar-refractivity contribution in [3.63, 3.8) is 0 Å². The van der Waals surface area contributed by atoms with Crippen LogP contribution in [0.15, 0.2) is 42.5 Å². The van der Waals surface area contributed by atoms with Crippen LogP contribution in [0.1, 0.15) is 18.5 Å². The Balaban J connectivity index is 1.46. The highest BCUT2D eigenvalue weighted by molar-refractivity contribution is 5.92. The van der Waals surface area contributed by atoms with Gasteiger partial charge in [-0.3, -0.25) is 14.5 Å². The van der Waals surface area contributed by atoms with E-state index in [0.717, 1.165) is 5.56 Å². The number of nitrogens with zero attached hydrogens (tertiary/aromatic N) is 1. The van der Waals surface area contributed by atoms with Crippen molar-refractivity contribution in [2.75, 3.05) is 38.7 Å². The average Bonchev–Trinajstić information content (AvgIpc) is 2.69. The Kier molecular flexibility index (Phi) is 6.66. The zero-order valence-corrected chi connectivity index (χ0v) is 16.4. The van der Waals surface area contributed by atoms with Gasteiger partial charge in [0.2, 0.25) is 11.8 Å². The summed E-state index contributed by atoms with van der Waals surface area (Å²) in [4.78, 5) is 26.0. The molecule has 1 heterocycles. The molecule has 2 aromatic rings. The third kappa shape index (κ3) is 5.92. The first-order valence-corrected chi connectivity index (χ1v) is 9.33. The van der Waals surface area contributed by atoms with Gasteiger partial charge in [0.05, 0.1) is 19.1 Å². The molecule has 3 rings (SSSR count). The average molecular weight is 401 g/mol. The van der Waals surface area contributed by atoms with E-state index in [-0.39, 0.29) is 36.8 Å². The van der Waals surface area contributed by atoms with Crippen molar-refractivity contribution < 1.29 is 23.5 Å². The van der Waals surface area contributed by atoms with Gasteiger partial charge in [0, 0.05) is 5.69 Å². The maximum Gasteiger partial charge on any atom is 0.238 e. The first-order chi connectivity index (χ1) is 13.9. The Hall–Kier alpha value is -3.13. The lowest BCUT2D eigenvalue weighted by atomic mass is 10.1. The molecular weight excluding hydrogens is 377 g/mol. The summed E-state index contributed by atoms with van der Waals surface area (Å²) >= 11 is 0. The van der Waals surface area contributed by atoms with Crippen molar-refractivity contribution in [1.82, 2.24) is 10.2 Å². The van der Waals surface area contributed by atoms with Crippen LogP contribution in [0.2, 0.25) is 0 Å². The number of nitrogens with one attached hydrogen (secondary N) is 2. The number of carbonyl (C=O) groups excluding carboxylic acids is 2. The van der Waals surface area contributed by atoms with Crippen LogP contribution in [0.3, 0.4) is 0 Å². The minimum absolute atomic E-state index is 0.0310. The van der Waals surface area contributed by atoms with Gasteiger partial charge in [-0.2, -0.15) is 0 Å². The van der Waals surface area contributed by atoms with Gasteiger partial charge < -0.3 is 20.1 Å². The largest absolute Gasteiger partial charge is 0.486 e. The Morgan fingerprint density at radius 3 is 2.41 bits per heavy atom. The smallest absolute Gasteiger partial charge is 0.238 e. The van der Waals surface area contributed by atoms with Crippen LogP contribution < -0.4 is 20.1 Å². The quantitative estimate of drug-likeness (QED) is 0.745. The molecule has 0 radical (unpaired) electrons. The maximum absolute atomic E-state index is 12.9. The lowest BCUT2D eigenvalue weighted by Crippen LogP contribution is -2.39. The van der Waals surface area contributed by atoms with Crippen LogP contribution >= 0.6 is 0 Å². The molecule has 0 spiro atoms. The molecule has 1 aliphatic rings. The summed E-state index contributed by atoms with van der Waals surface area (Å²) in [7, 11) is 1.68. The molecule has 0 fully saturated rings. The molecule has 1 aliphatic heterocycles. The van der Waals surface area contributed by atoms with Crippen molar-refractivity contribution in [2.24, 2.45) is 0 Å². The molecule has 7 nitrogen and oxygen atoms in total. The van der Waals surface area contributed by atoms with E-state index >= 15 is 0 Å². The normalized spacial score (nSPS) is 13.7. The third-order valence-electron chi connectivity index (χ3n) is 4.40. The number of halogens is 1. The molecule has 29 heavy (non-hydrogen) atoms. The van der Waals surface area contributed by atoms with Gasteiger partial charge >= 0.3 is 0 Å². The van der Waals surface area contributed by atoms with Crippen LogP contribution in [0, 0.1) is 5.82 Å². The van der Waals surface area contributed by atoms with Crippen LogP contribution in [0.25, 0.3) is 0 Å². The predicted molar refractivity (Wildman–Crippen MR) is 107 cm³/mol. The van der Waals surface area contributed by atoms with Gasteiger partial charge in [0.15, 0.2) is 11.5 Å². The summed E-state index contributed by atoms with van der Waals surface area (Å²) in [6.07, 6.45) is 0. The highest BCUT2D eigenvalue weighted by atomic mass is 19.1. The number of anilines is 1. The van der Waals surface area contributed by atoms with Crippen molar-refractivity contribution in [3.8, 4) is 11.5 Å². The number of carbonyl (C=O) groups is 2. The summed E-state index contributed by atoms with van der Waals surface area (Å²) in [6, 6.07) is 10.9. The summed E-state index contributed by atoms with van der Waals surface area (Å²) in [5.74, 6) is 0.509. The molecule has 0 aliphatic carbocycles. The minimum Gasteiger partial charge on any atom is -0.486 e. The predicted octanol–water partition coefficient (Wildman–Crippen LogP) is 2.34. The van der Waals surface area contributed by atoms with E-state index in [0.29, 0.717) is 30.4 Å². The zero-order chi connectivity index (χ0) is 20.8. The van der Waals surface area contributed by atoms with E-state index in [1.165, 1.54) is 24.3 Å². The topological polar surface area (TPSA) is 79.9 Å². The first kappa shape index (κ1) is 20.6. The Morgan fingerprint density at radius 1 is 1.03 bits per heavy atom. The van der Waals surface area contributed by atoms with Crippen LogP contribution in [-0.4, -0.2) is 50.1 Å². The molecule has 2 amide bonds. The van der Waals surface area contributed by atoms with Crippen LogP contribution in [-0.2, 0) is 9.59 Å². The van der Waals surface area contributed by atoms with E-state index in [9.17, 15) is 14.0 Å². The molecule has 0 aromatic heterocycles. The molecule has 8 heteroatoms. The highest BCUT2D eigenvalue weighted by Crippen LogP contribution is 2.32. The second-order valence-corrected chi connectivity index (χ2v) is 6.92. The number of hydrogen-bond donors (Lipinski definition) is 2. The molecule has 154 valence electrons. The molecule has 2 aromatic carbocycles. The molecule has 2 N–H and O–H groups in total. The monoisotopic (exact) mass is 401 g/mol. The fraction of sp³-hybridized carbons (Fsp3) is 0.333. The second kappa shape index (κ2) is 9.38. The fourth-order valence-electron chi connectivity index (χ4n) is 2.98. The Bertz CT molecular complexity index is 873. The number of likely N-dealkylation sites (N-methyl/N-ethyl adjacent to an activating group) is 1. The van der Waals surface area contributed by atoms with Gasteiger partial charge in [-0.25, -0.2) is 4.39 Å². The van der Waals surface area contributed by atoms with E-state index < -0.39 is 0 Å². The number of fused-ring (bicyclic) bond motifs is 1. The van der Waals surface area contributed by atoms with Crippen molar-refractivity contribution in [2.45, 2.75) is 13.0 Å². The molecule has 1 atom stereocenters. The van der Waals surface area contributed by atoms with E-state index in [4.69, 9.17) is 9.47 Å². The van der Waals surface area contributed by atoms with E-state index in [1.54, 1.807) is 11.9 Å². The fourth-order valence-corrected chi connectivity index (χ4v) is 2.98. The van der Waals surface area contributed by atoms with Crippen LogP contribution in [0.5, 0.6) is 11.5 Å². The number of ether oxygens (including phenoxy) is 2. The van der Waals surface area contributed by atoms with Crippen molar-refractivity contribution >= 4 is 17.5 Å². The van der Waals surface area contributed by atoms with E-state index in [2.05, 4.69) is 10.6 Å². The lowest BCUT2D eigenvalue weighted by molar-refractivity contribution is -0.123. The SMILES string of the molecule is C[C@@H](NC(=O)CN(C)CC(=O)Nc1ccc(F)cc1)c1ccc2c(c1)OCCO2. The van der Waals surface area contributed by atoms with Gasteiger partial charge in [-0.1, -0.05) is 6.07 Å². The van der Waals surface area contributed by atoms with Gasteiger partial charge in [-0.05, 0) is 55.9 Å². The second-order valence-electron chi connectivity index (χ2n) is 6.92. The Labute approximate surface area is 168 Å². The zero-order valence-electron chi connectivity index (χ0n) is 16.4. The van der Waals surface area contributed by atoms with Gasteiger partial charge in [0.1, 0.15) is 19.0 Å². The summed E-state index contributed by atoms with van der Waals surface area (Å²) < 4.78 is 24.0. The minimum atomic E-state index is -0.371. The number of hydrogen-bond acceptors (Lipinski definition) is 5. The Morgan fingerprint density at radius 2 is 1.69 bits per heavy atom. The van der Waals surface area contributed by atoms with E-state index in [1.807, 2.05) is 25.1 Å². The van der Waals surface area contributed by atoms with Gasteiger partial charge in [0.25, 0.3) is 0 Å². The number of benzene rings is 2. The standard InChI is InChI=1S/C21H24FN3O4/c1-14(15-3-8-18-19(11-15)29-10-9-28-18)23-20(26)12-25(2)13-21(27)24-17-6-4-16(22)5-7-17/h3-8,11,14H,9-10,12-13H2,1-2H3,(H,23,26)(H,24,27)/t14-/m1/s1. The number of amides is 2. The maximum atomic E-state index is 12.9. The molecular formula is C21H24FN3O4. The summed E-state index contributed by atoms with van der Waals surface area (Å²) in [6.45, 7) is 3.00. The lowest BCUT2D eigenvalue weighted by Gasteiger charge is -2.22. The molecule has 0 bridgehead atoms. The summed E-state index contributed by atoms with van der Waals surface area (Å²) in [5, 5.41) is 5.58. The number of rotatable bonds is 7. The summed E-state index contributed by atoms with van der Waals surface area (Å²) in [5.41, 5.74) is 1.40. The van der Waals surface area contributed by atoms with Gasteiger partial charge in [-0.15, -0.1) is 0 Å².